The first-order valence-electron chi connectivity index (χ1n) is 6.44. The van der Waals surface area contributed by atoms with Crippen molar-refractivity contribution < 1.29 is 14.2 Å². The van der Waals surface area contributed by atoms with Gasteiger partial charge in [-0.15, -0.1) is 17.0 Å². The van der Waals surface area contributed by atoms with Crippen LogP contribution in [0.2, 0.25) is 0 Å². The van der Waals surface area contributed by atoms with Gasteiger partial charge in [0.2, 0.25) is 0 Å². The van der Waals surface area contributed by atoms with Crippen molar-refractivity contribution >= 4 is 51.2 Å². The molecule has 0 spiro atoms. The van der Waals surface area contributed by atoms with Crippen molar-refractivity contribution in [2.24, 2.45) is 0 Å². The minimum Gasteiger partial charge on any atom is -0.378 e. The molecule has 0 fully saturated rings. The second-order valence-electron chi connectivity index (χ2n) is 4.49. The molecule has 2 N–H and O–H groups in total. The minimum absolute atomic E-state index is 0. The second kappa shape index (κ2) is 9.30. The van der Waals surface area contributed by atoms with E-state index in [1.807, 2.05) is 6.92 Å². The summed E-state index contributed by atoms with van der Waals surface area (Å²) in [5.41, 5.74) is -1.79. The Morgan fingerprint density at radius 2 is 1.78 bits per heavy atom. The number of hydrogen-bond donors (Lipinski definition) is 2. The third-order valence-corrected chi connectivity index (χ3v) is 3.26. The van der Waals surface area contributed by atoms with E-state index in [2.05, 4.69) is 10.6 Å². The Kier molecular flexibility index (Phi) is 8.54. The first kappa shape index (κ1) is 21.1. The molecule has 0 aliphatic rings. The van der Waals surface area contributed by atoms with Gasteiger partial charge in [0, 0.05) is 6.54 Å². The van der Waals surface area contributed by atoms with E-state index in [1.165, 1.54) is 0 Å². The van der Waals surface area contributed by atoms with Crippen LogP contribution in [0.15, 0.2) is 12.1 Å². The van der Waals surface area contributed by atoms with E-state index in [1.54, 1.807) is 6.92 Å². The van der Waals surface area contributed by atoms with E-state index in [4.69, 9.17) is 12.2 Å². The van der Waals surface area contributed by atoms with Crippen LogP contribution in [0.25, 0.3) is 0 Å². The normalized spacial score (nSPS) is 11.1. The molecule has 0 heterocycles. The highest BCUT2D eigenvalue weighted by Crippen LogP contribution is 2.35. The van der Waals surface area contributed by atoms with Gasteiger partial charge >= 0.3 is 11.4 Å². The zero-order valence-electron chi connectivity index (χ0n) is 12.4. The number of anilines is 1. The zero-order chi connectivity index (χ0) is 16.9. The summed E-state index contributed by atoms with van der Waals surface area (Å²) in [5, 5.41) is 27.5. The Labute approximate surface area is 147 Å². The minimum atomic E-state index is -1.05. The molecule has 23 heavy (non-hydrogen) atoms. The molecule has 1 rings (SSSR count). The van der Waals surface area contributed by atoms with Crippen molar-refractivity contribution in [1.82, 2.24) is 5.32 Å². The van der Waals surface area contributed by atoms with Crippen molar-refractivity contribution in [2.45, 2.75) is 26.3 Å². The summed E-state index contributed by atoms with van der Waals surface area (Å²) >= 11 is 5.10. The highest BCUT2D eigenvalue weighted by Gasteiger charge is 2.28. The lowest BCUT2D eigenvalue weighted by atomic mass is 10.2. The molecule has 0 saturated carbocycles. The lowest BCUT2D eigenvalue weighted by molar-refractivity contribution is -0.392. The van der Waals surface area contributed by atoms with Gasteiger partial charge in [-0.2, -0.15) is 0 Å². The highest BCUT2D eigenvalue weighted by atomic mass is 79.9. The first-order valence-corrected chi connectivity index (χ1v) is 6.85. The third-order valence-electron chi connectivity index (χ3n) is 2.76. The van der Waals surface area contributed by atoms with E-state index in [9.17, 15) is 24.6 Å². The van der Waals surface area contributed by atoms with Crippen molar-refractivity contribution in [2.75, 3.05) is 11.9 Å². The molecule has 1 unspecified atom stereocenters. The molecular weight excluding hydrogens is 395 g/mol. The van der Waals surface area contributed by atoms with Crippen molar-refractivity contribution in [3.8, 4) is 0 Å². The van der Waals surface area contributed by atoms with E-state index in [0.29, 0.717) is 23.7 Å². The molecule has 0 bridgehead atoms. The van der Waals surface area contributed by atoms with Crippen molar-refractivity contribution in [3.05, 3.63) is 38.2 Å². The molecule has 0 aromatic heterocycles. The van der Waals surface area contributed by atoms with Crippen molar-refractivity contribution in [1.29, 1.82) is 0 Å². The molecular formula is C12H16BrFN4O4S. The smallest absolute Gasteiger partial charge is 0.302 e. The molecule has 0 saturated heterocycles. The van der Waals surface area contributed by atoms with Gasteiger partial charge in [-0.05, 0) is 13.3 Å². The number of nitrogens with zero attached hydrogens (tertiary/aromatic N) is 2. The number of benzene rings is 1. The van der Waals surface area contributed by atoms with Crippen LogP contribution in [0.4, 0.5) is 21.5 Å². The molecule has 11 heteroatoms. The number of rotatable bonds is 7. The Balaban J connectivity index is 0.00000484. The highest BCUT2D eigenvalue weighted by molar-refractivity contribution is 8.93. The molecule has 1 aromatic carbocycles. The number of thiocarbonyl (C=S) groups is 1. The molecule has 0 amide bonds. The van der Waals surface area contributed by atoms with Crippen molar-refractivity contribution in [3.63, 3.8) is 0 Å². The Morgan fingerprint density at radius 3 is 2.17 bits per heavy atom. The van der Waals surface area contributed by atoms with Gasteiger partial charge in [0.15, 0.2) is 5.69 Å². The molecule has 8 nitrogen and oxygen atoms in total. The van der Waals surface area contributed by atoms with Gasteiger partial charge in [0.1, 0.15) is 5.82 Å². The molecule has 1 atom stereocenters. The van der Waals surface area contributed by atoms with Gasteiger partial charge in [-0.25, -0.2) is 4.39 Å². The molecule has 128 valence electrons. The number of halogens is 2. The molecule has 0 radical (unpaired) electrons. The van der Waals surface area contributed by atoms with E-state index in [0.717, 1.165) is 6.42 Å². The van der Waals surface area contributed by atoms with Gasteiger partial charge < -0.3 is 10.6 Å². The van der Waals surface area contributed by atoms with E-state index in [-0.39, 0.29) is 22.7 Å². The largest absolute Gasteiger partial charge is 0.378 e. The summed E-state index contributed by atoms with van der Waals surface area (Å²) in [5.74, 6) is -1.05. The SMILES string of the molecule is Br.CCCNC(=S)C(C)Nc1c([N+](=O)[O-])cc(F)cc1[N+](=O)[O-]. The van der Waals surface area contributed by atoms with Crippen LogP contribution in [0.3, 0.4) is 0 Å². The number of nitro groups is 2. The van der Waals surface area contributed by atoms with Crippen LogP contribution in [0, 0.1) is 26.0 Å². The Bertz CT molecular complexity index is 582. The average Bonchev–Trinajstić information content (AvgIpc) is 2.45. The lowest BCUT2D eigenvalue weighted by Gasteiger charge is -2.17. The van der Waals surface area contributed by atoms with E-state index < -0.39 is 33.1 Å². The maximum atomic E-state index is 13.3. The fourth-order valence-electron chi connectivity index (χ4n) is 1.70. The molecule has 1 aromatic rings. The number of nitro benzene ring substituents is 2. The molecule has 0 aliphatic carbocycles. The fraction of sp³-hybridized carbons (Fsp3) is 0.417. The van der Waals surface area contributed by atoms with Crippen LogP contribution in [0.5, 0.6) is 0 Å². The summed E-state index contributed by atoms with van der Waals surface area (Å²) in [6, 6.07) is 0.666. The maximum absolute atomic E-state index is 13.3. The quantitative estimate of drug-likeness (QED) is 0.402. The van der Waals surface area contributed by atoms with Crippen LogP contribution in [-0.2, 0) is 0 Å². The summed E-state index contributed by atoms with van der Waals surface area (Å²) in [7, 11) is 0. The van der Waals surface area contributed by atoms with Crippen LogP contribution < -0.4 is 10.6 Å². The Morgan fingerprint density at radius 1 is 1.30 bits per heavy atom. The standard InChI is InChI=1S/C12H15FN4O4S.BrH/c1-3-4-14-12(22)7(2)15-11-9(16(18)19)5-8(13)6-10(11)17(20)21;/h5-7,15H,3-4H2,1-2H3,(H,14,22);1H. The summed E-state index contributed by atoms with van der Waals surface area (Å²) in [4.78, 5) is 20.6. The van der Waals surface area contributed by atoms with Gasteiger partial charge in [-0.3, -0.25) is 20.2 Å². The van der Waals surface area contributed by atoms with Crippen LogP contribution in [-0.4, -0.2) is 27.4 Å². The summed E-state index contributed by atoms with van der Waals surface area (Å²) < 4.78 is 13.3. The summed E-state index contributed by atoms with van der Waals surface area (Å²) in [6.45, 7) is 4.14. The predicted molar refractivity (Wildman–Crippen MR) is 94.0 cm³/mol. The second-order valence-corrected chi connectivity index (χ2v) is 4.93. The summed E-state index contributed by atoms with van der Waals surface area (Å²) in [6.07, 6.45) is 0.823. The van der Waals surface area contributed by atoms with Gasteiger partial charge in [0.05, 0.1) is 33.0 Å². The van der Waals surface area contributed by atoms with Gasteiger partial charge in [-0.1, -0.05) is 19.1 Å². The topological polar surface area (TPSA) is 110 Å². The predicted octanol–water partition coefficient (Wildman–Crippen LogP) is 3.35. The average molecular weight is 411 g/mol. The monoisotopic (exact) mass is 410 g/mol. The zero-order valence-corrected chi connectivity index (χ0v) is 14.9. The molecule has 0 aliphatic heterocycles. The first-order chi connectivity index (χ1) is 10.3. The van der Waals surface area contributed by atoms with Gasteiger partial charge in [0.25, 0.3) is 0 Å². The number of hydrogen-bond acceptors (Lipinski definition) is 6. The fourth-order valence-corrected chi connectivity index (χ4v) is 1.86. The number of nitrogens with one attached hydrogen (secondary N) is 2. The third kappa shape index (κ3) is 5.67. The maximum Gasteiger partial charge on any atom is 0.302 e. The van der Waals surface area contributed by atoms with Crippen LogP contribution in [0.1, 0.15) is 20.3 Å². The van der Waals surface area contributed by atoms with E-state index >= 15 is 0 Å². The lowest BCUT2D eigenvalue weighted by Crippen LogP contribution is -2.36. The Hall–Kier alpha value is -1.88. The van der Waals surface area contributed by atoms with Crippen LogP contribution >= 0.6 is 29.2 Å².